The Kier molecular flexibility index (Phi) is 4.47. The van der Waals surface area contributed by atoms with Gasteiger partial charge < -0.3 is 5.43 Å². The minimum Gasteiger partial charge on any atom is -0.307 e. The third-order valence-corrected chi connectivity index (χ3v) is 4.49. The monoisotopic (exact) mass is 330 g/mol. The van der Waals surface area contributed by atoms with Crippen LogP contribution < -0.4 is 16.0 Å². The first-order valence-electron chi connectivity index (χ1n) is 5.94. The molecule has 4 N–H and O–H groups in total. The van der Waals surface area contributed by atoms with Crippen LogP contribution in [0.4, 0.5) is 5.82 Å². The minimum absolute atomic E-state index is 0.0342. The molecule has 0 saturated carbocycles. The number of hydrazine groups is 1. The summed E-state index contributed by atoms with van der Waals surface area (Å²) in [6, 6.07) is 1.28. The number of nitrogens with zero attached hydrogens (tertiary/aromatic N) is 3. The zero-order valence-corrected chi connectivity index (χ0v) is 13.0. The largest absolute Gasteiger partial charge is 0.307 e. The Morgan fingerprint density at radius 3 is 2.71 bits per heavy atom. The van der Waals surface area contributed by atoms with Crippen molar-refractivity contribution >= 4 is 27.4 Å². The van der Waals surface area contributed by atoms with Gasteiger partial charge in [0.25, 0.3) is 0 Å². The lowest BCUT2D eigenvalue weighted by Gasteiger charge is -2.08. The highest BCUT2D eigenvalue weighted by molar-refractivity contribution is 7.89. The molecule has 0 aliphatic rings. The Balaban J connectivity index is 2.18. The molecule has 8 nitrogen and oxygen atoms in total. The number of pyridine rings is 1. The van der Waals surface area contributed by atoms with Crippen LogP contribution in [0.1, 0.15) is 11.3 Å². The van der Waals surface area contributed by atoms with E-state index in [1.807, 2.05) is 6.92 Å². The molecule has 0 bridgehead atoms. The number of aromatic nitrogens is 3. The molecule has 0 saturated heterocycles. The smallest absolute Gasteiger partial charge is 0.242 e. The summed E-state index contributed by atoms with van der Waals surface area (Å²) in [6.45, 7) is 1.94. The lowest BCUT2D eigenvalue weighted by Crippen LogP contribution is -2.23. The highest BCUT2D eigenvalue weighted by Crippen LogP contribution is 2.21. The molecule has 0 unspecified atom stereocenters. The lowest BCUT2D eigenvalue weighted by atomic mass is 10.3. The number of sulfonamides is 1. The molecule has 0 aliphatic carbocycles. The predicted octanol–water partition coefficient (Wildman–Crippen LogP) is 0.541. The number of rotatable bonds is 5. The number of nitrogens with two attached hydrogens (primary N) is 1. The molecule has 2 heterocycles. The van der Waals surface area contributed by atoms with Crippen LogP contribution in [0.3, 0.4) is 0 Å². The minimum atomic E-state index is -3.72. The molecule has 2 aromatic heterocycles. The van der Waals surface area contributed by atoms with E-state index < -0.39 is 10.0 Å². The quantitative estimate of drug-likeness (QED) is 0.544. The fourth-order valence-electron chi connectivity index (χ4n) is 1.75. The number of nitrogens with one attached hydrogen (secondary N) is 2. The number of anilines is 1. The Morgan fingerprint density at radius 1 is 1.48 bits per heavy atom. The molecular weight excluding hydrogens is 316 g/mol. The number of hydrogen-bond acceptors (Lipinski definition) is 6. The van der Waals surface area contributed by atoms with Crippen LogP contribution in [0.25, 0.3) is 0 Å². The van der Waals surface area contributed by atoms with Gasteiger partial charge in [0, 0.05) is 31.5 Å². The summed E-state index contributed by atoms with van der Waals surface area (Å²) in [5, 5.41) is 4.27. The lowest BCUT2D eigenvalue weighted by molar-refractivity contribution is 0.581. The summed E-state index contributed by atoms with van der Waals surface area (Å²) in [5.74, 6) is 5.40. The van der Waals surface area contributed by atoms with E-state index >= 15 is 0 Å². The summed E-state index contributed by atoms with van der Waals surface area (Å²) in [6.07, 6.45) is 2.93. The van der Waals surface area contributed by atoms with Gasteiger partial charge in [0.1, 0.15) is 4.90 Å². The SMILES string of the molecule is Cc1nn(C)cc1CNS(=O)(=O)c1cnc(NN)c(Cl)c1. The predicted molar refractivity (Wildman–Crippen MR) is 79.0 cm³/mol. The maximum Gasteiger partial charge on any atom is 0.242 e. The van der Waals surface area contributed by atoms with Crippen molar-refractivity contribution in [2.24, 2.45) is 12.9 Å². The molecule has 10 heteroatoms. The number of aryl methyl sites for hydroxylation is 2. The molecular formula is C11H15ClN6O2S. The number of halogens is 1. The third kappa shape index (κ3) is 3.50. The standard InChI is InChI=1S/C11H15ClN6O2S/c1-7-8(6-18(2)17-7)4-15-21(19,20)9-3-10(12)11(16-13)14-5-9/h3,5-6,15H,4,13H2,1-2H3,(H,14,16). The van der Waals surface area contributed by atoms with E-state index in [2.05, 4.69) is 20.2 Å². The summed E-state index contributed by atoms with van der Waals surface area (Å²) in [4.78, 5) is 3.80. The zero-order chi connectivity index (χ0) is 15.6. The fourth-order valence-corrected chi connectivity index (χ4v) is 3.01. The average molecular weight is 331 g/mol. The van der Waals surface area contributed by atoms with Crippen molar-refractivity contribution < 1.29 is 8.42 Å². The molecule has 0 radical (unpaired) electrons. The van der Waals surface area contributed by atoms with E-state index in [0.29, 0.717) is 0 Å². The first kappa shape index (κ1) is 15.7. The van der Waals surface area contributed by atoms with Gasteiger partial charge in [0.15, 0.2) is 5.82 Å². The van der Waals surface area contributed by atoms with Crippen molar-refractivity contribution in [3.05, 3.63) is 34.7 Å². The fraction of sp³-hybridized carbons (Fsp3) is 0.273. The van der Waals surface area contributed by atoms with Crippen LogP contribution >= 0.6 is 11.6 Å². The molecule has 114 valence electrons. The Labute approximate surface area is 127 Å². The van der Waals surface area contributed by atoms with E-state index in [-0.39, 0.29) is 22.3 Å². The van der Waals surface area contributed by atoms with Crippen LogP contribution in [0.15, 0.2) is 23.4 Å². The van der Waals surface area contributed by atoms with Gasteiger partial charge in [0.05, 0.1) is 10.7 Å². The molecule has 2 rings (SSSR count). The van der Waals surface area contributed by atoms with E-state index in [9.17, 15) is 8.42 Å². The molecule has 0 spiro atoms. The molecule has 0 aliphatic heterocycles. The van der Waals surface area contributed by atoms with E-state index in [0.717, 1.165) is 11.3 Å². The Hall–Kier alpha value is -1.68. The molecule has 0 amide bonds. The van der Waals surface area contributed by atoms with Crippen LogP contribution in [-0.2, 0) is 23.6 Å². The van der Waals surface area contributed by atoms with E-state index in [1.54, 1.807) is 17.9 Å². The van der Waals surface area contributed by atoms with Gasteiger partial charge >= 0.3 is 0 Å². The van der Waals surface area contributed by atoms with Gasteiger partial charge in [-0.05, 0) is 13.0 Å². The van der Waals surface area contributed by atoms with Crippen LogP contribution in [0.2, 0.25) is 5.02 Å². The maximum absolute atomic E-state index is 12.2. The van der Waals surface area contributed by atoms with Gasteiger partial charge in [-0.15, -0.1) is 0 Å². The van der Waals surface area contributed by atoms with Gasteiger partial charge in [-0.25, -0.2) is 24.0 Å². The van der Waals surface area contributed by atoms with Crippen molar-refractivity contribution in [2.45, 2.75) is 18.4 Å². The summed E-state index contributed by atoms with van der Waals surface area (Å²) in [7, 11) is -1.94. The molecule has 2 aromatic rings. The van der Waals surface area contributed by atoms with E-state index in [4.69, 9.17) is 17.4 Å². The number of hydrogen-bond donors (Lipinski definition) is 3. The van der Waals surface area contributed by atoms with Crippen LogP contribution in [-0.4, -0.2) is 23.2 Å². The highest BCUT2D eigenvalue weighted by atomic mass is 35.5. The van der Waals surface area contributed by atoms with Gasteiger partial charge in [-0.3, -0.25) is 4.68 Å². The highest BCUT2D eigenvalue weighted by Gasteiger charge is 2.17. The maximum atomic E-state index is 12.2. The normalized spacial score (nSPS) is 11.6. The topological polar surface area (TPSA) is 115 Å². The molecule has 0 aromatic carbocycles. The van der Waals surface area contributed by atoms with Crippen molar-refractivity contribution in [3.63, 3.8) is 0 Å². The van der Waals surface area contributed by atoms with Crippen molar-refractivity contribution in [1.82, 2.24) is 19.5 Å². The third-order valence-electron chi connectivity index (χ3n) is 2.83. The first-order valence-corrected chi connectivity index (χ1v) is 7.80. The Bertz CT molecular complexity index is 758. The molecule has 21 heavy (non-hydrogen) atoms. The average Bonchev–Trinajstić information content (AvgIpc) is 2.74. The summed E-state index contributed by atoms with van der Waals surface area (Å²) < 4.78 is 28.5. The Morgan fingerprint density at radius 2 is 2.19 bits per heavy atom. The van der Waals surface area contributed by atoms with Gasteiger partial charge in [0.2, 0.25) is 10.0 Å². The second kappa shape index (κ2) is 5.98. The van der Waals surface area contributed by atoms with Crippen molar-refractivity contribution in [3.8, 4) is 0 Å². The first-order chi connectivity index (χ1) is 9.83. The second-order valence-electron chi connectivity index (χ2n) is 4.38. The van der Waals surface area contributed by atoms with Gasteiger partial charge in [-0.1, -0.05) is 11.6 Å². The van der Waals surface area contributed by atoms with Gasteiger partial charge in [-0.2, -0.15) is 5.10 Å². The molecule has 0 atom stereocenters. The van der Waals surface area contributed by atoms with Crippen molar-refractivity contribution in [2.75, 3.05) is 5.43 Å². The summed E-state index contributed by atoms with van der Waals surface area (Å²) >= 11 is 5.87. The van der Waals surface area contributed by atoms with Crippen LogP contribution in [0, 0.1) is 6.92 Å². The zero-order valence-electron chi connectivity index (χ0n) is 11.5. The number of nitrogen functional groups attached to an aromatic ring is 1. The second-order valence-corrected chi connectivity index (χ2v) is 6.56. The van der Waals surface area contributed by atoms with Crippen molar-refractivity contribution in [1.29, 1.82) is 0 Å². The summed E-state index contributed by atoms with van der Waals surface area (Å²) in [5.41, 5.74) is 3.83. The van der Waals surface area contributed by atoms with E-state index in [1.165, 1.54) is 12.3 Å². The van der Waals surface area contributed by atoms with Crippen LogP contribution in [0.5, 0.6) is 0 Å². The molecule has 0 fully saturated rings.